The molecule has 1 fully saturated rings. The maximum absolute atomic E-state index is 12.8. The third kappa shape index (κ3) is 3.71. The lowest BCUT2D eigenvalue weighted by Crippen LogP contribution is -2.40. The Morgan fingerprint density at radius 1 is 1.25 bits per heavy atom. The van der Waals surface area contributed by atoms with Gasteiger partial charge in [0, 0.05) is 26.2 Å². The zero-order valence-corrected chi connectivity index (χ0v) is 15.1. The first-order chi connectivity index (χ1) is 11.5. The number of benzene rings is 1. The molecule has 0 aliphatic carbocycles. The lowest BCUT2D eigenvalue weighted by atomic mass is 10.1. The Morgan fingerprint density at radius 3 is 2.42 bits per heavy atom. The first-order valence-electron chi connectivity index (χ1n) is 8.00. The van der Waals surface area contributed by atoms with E-state index in [1.54, 1.807) is 4.90 Å². The molecule has 0 unspecified atom stereocenters. The van der Waals surface area contributed by atoms with Crippen molar-refractivity contribution in [3.8, 4) is 5.75 Å². The van der Waals surface area contributed by atoms with Crippen LogP contribution in [-0.4, -0.2) is 70.0 Å². The highest BCUT2D eigenvalue weighted by atomic mass is 32.2. The van der Waals surface area contributed by atoms with Crippen molar-refractivity contribution in [2.75, 3.05) is 46.5 Å². The average molecular weight is 356 g/mol. The molecule has 7 nitrogen and oxygen atoms in total. The second-order valence-corrected chi connectivity index (χ2v) is 7.29. The summed E-state index contributed by atoms with van der Waals surface area (Å²) in [6.45, 7) is 6.21. The van der Waals surface area contributed by atoms with Crippen molar-refractivity contribution in [1.82, 2.24) is 9.21 Å². The highest BCUT2D eigenvalue weighted by Gasteiger charge is 2.28. The Morgan fingerprint density at radius 2 is 1.88 bits per heavy atom. The molecule has 1 aromatic rings. The minimum atomic E-state index is -3.66. The van der Waals surface area contributed by atoms with Crippen LogP contribution >= 0.6 is 0 Å². The number of hydrogen-bond donors (Lipinski definition) is 0. The van der Waals surface area contributed by atoms with E-state index < -0.39 is 10.0 Å². The van der Waals surface area contributed by atoms with Gasteiger partial charge in [-0.05, 0) is 32.0 Å². The van der Waals surface area contributed by atoms with Crippen LogP contribution in [0.25, 0.3) is 0 Å². The highest BCUT2D eigenvalue weighted by Crippen LogP contribution is 2.26. The summed E-state index contributed by atoms with van der Waals surface area (Å²) in [6.07, 6.45) is 0. The summed E-state index contributed by atoms with van der Waals surface area (Å²) in [5, 5.41) is 0. The quantitative estimate of drug-likeness (QED) is 0.765. The van der Waals surface area contributed by atoms with E-state index >= 15 is 0 Å². The first-order valence-corrected chi connectivity index (χ1v) is 9.44. The molecule has 0 N–H and O–H groups in total. The summed E-state index contributed by atoms with van der Waals surface area (Å²) < 4.78 is 37.4. The molecular formula is C16H24N2O5S. The van der Waals surface area contributed by atoms with Gasteiger partial charge in [0.25, 0.3) is 5.91 Å². The van der Waals surface area contributed by atoms with Gasteiger partial charge in [-0.2, -0.15) is 4.31 Å². The highest BCUT2D eigenvalue weighted by molar-refractivity contribution is 7.89. The molecule has 0 atom stereocenters. The molecule has 1 aliphatic heterocycles. The van der Waals surface area contributed by atoms with E-state index in [1.807, 2.05) is 13.8 Å². The molecule has 0 aromatic heterocycles. The standard InChI is InChI=1S/C16H24N2O5S/c1-4-17(5-2)16(19)14-12-13(6-7-15(14)22-3)24(20,21)18-8-10-23-11-9-18/h6-7,12H,4-5,8-11H2,1-3H3. The maximum atomic E-state index is 12.8. The molecule has 0 radical (unpaired) electrons. The number of carbonyl (C=O) groups excluding carboxylic acids is 1. The number of carbonyl (C=O) groups is 1. The maximum Gasteiger partial charge on any atom is 0.257 e. The van der Waals surface area contributed by atoms with Crippen LogP contribution in [0, 0.1) is 0 Å². The van der Waals surface area contributed by atoms with Gasteiger partial charge in [0.15, 0.2) is 0 Å². The second kappa shape index (κ2) is 7.96. The van der Waals surface area contributed by atoms with Gasteiger partial charge in [-0.25, -0.2) is 8.42 Å². The molecule has 2 rings (SSSR count). The summed E-state index contributed by atoms with van der Waals surface area (Å²) in [7, 11) is -2.19. The average Bonchev–Trinajstić information content (AvgIpc) is 2.62. The van der Waals surface area contributed by atoms with Crippen molar-refractivity contribution in [2.45, 2.75) is 18.7 Å². The van der Waals surface area contributed by atoms with Crippen LogP contribution < -0.4 is 4.74 Å². The Bertz CT molecular complexity index is 680. The normalized spacial score (nSPS) is 16.0. The topological polar surface area (TPSA) is 76.2 Å². The van der Waals surface area contributed by atoms with Crippen molar-refractivity contribution in [1.29, 1.82) is 0 Å². The molecule has 134 valence electrons. The largest absolute Gasteiger partial charge is 0.496 e. The Hall–Kier alpha value is -1.64. The minimum absolute atomic E-state index is 0.0979. The zero-order chi connectivity index (χ0) is 17.7. The van der Waals surface area contributed by atoms with Gasteiger partial charge in [-0.1, -0.05) is 0 Å². The van der Waals surface area contributed by atoms with E-state index in [4.69, 9.17) is 9.47 Å². The first kappa shape index (κ1) is 18.7. The summed E-state index contributed by atoms with van der Waals surface area (Å²) in [5.41, 5.74) is 0.260. The summed E-state index contributed by atoms with van der Waals surface area (Å²) in [4.78, 5) is 14.4. The fraction of sp³-hybridized carbons (Fsp3) is 0.562. The van der Waals surface area contributed by atoms with E-state index in [1.165, 1.54) is 29.6 Å². The second-order valence-electron chi connectivity index (χ2n) is 5.36. The van der Waals surface area contributed by atoms with Crippen molar-refractivity contribution >= 4 is 15.9 Å². The van der Waals surface area contributed by atoms with Crippen LogP contribution in [0.5, 0.6) is 5.75 Å². The van der Waals surface area contributed by atoms with Gasteiger partial charge in [0.05, 0.1) is 30.8 Å². The van der Waals surface area contributed by atoms with Crippen LogP contribution in [-0.2, 0) is 14.8 Å². The summed E-state index contributed by atoms with van der Waals surface area (Å²) in [6, 6.07) is 4.41. The van der Waals surface area contributed by atoms with E-state index in [2.05, 4.69) is 0 Å². The van der Waals surface area contributed by atoms with E-state index in [9.17, 15) is 13.2 Å². The van der Waals surface area contributed by atoms with Crippen LogP contribution in [0.3, 0.4) is 0 Å². The van der Waals surface area contributed by atoms with Crippen LogP contribution in [0.2, 0.25) is 0 Å². The van der Waals surface area contributed by atoms with Crippen molar-refractivity contribution in [2.24, 2.45) is 0 Å². The Kier molecular flexibility index (Phi) is 6.20. The Labute approximate surface area is 143 Å². The number of ether oxygens (including phenoxy) is 2. The van der Waals surface area contributed by atoms with Gasteiger partial charge < -0.3 is 14.4 Å². The zero-order valence-electron chi connectivity index (χ0n) is 14.3. The van der Waals surface area contributed by atoms with Gasteiger partial charge in [0.2, 0.25) is 10.0 Å². The molecular weight excluding hydrogens is 332 g/mol. The number of morpholine rings is 1. The molecule has 1 aromatic carbocycles. The fourth-order valence-electron chi connectivity index (χ4n) is 2.63. The number of sulfonamides is 1. The van der Waals surface area contributed by atoms with E-state index in [-0.39, 0.29) is 16.4 Å². The number of methoxy groups -OCH3 is 1. The van der Waals surface area contributed by atoms with Gasteiger partial charge in [-0.3, -0.25) is 4.79 Å². The minimum Gasteiger partial charge on any atom is -0.496 e. The molecule has 1 aliphatic rings. The van der Waals surface area contributed by atoms with Crippen LogP contribution in [0.1, 0.15) is 24.2 Å². The molecule has 1 saturated heterocycles. The molecule has 24 heavy (non-hydrogen) atoms. The molecule has 0 saturated carbocycles. The van der Waals surface area contributed by atoms with Crippen molar-refractivity contribution in [3.63, 3.8) is 0 Å². The van der Waals surface area contributed by atoms with Gasteiger partial charge in [0.1, 0.15) is 5.75 Å². The SMILES string of the molecule is CCN(CC)C(=O)c1cc(S(=O)(=O)N2CCOCC2)ccc1OC. The predicted octanol–water partition coefficient (Wildman–Crippen LogP) is 1.20. The van der Waals surface area contributed by atoms with E-state index in [0.29, 0.717) is 45.1 Å². The molecule has 0 spiro atoms. The van der Waals surface area contributed by atoms with E-state index in [0.717, 1.165) is 0 Å². The van der Waals surface area contributed by atoms with Crippen LogP contribution in [0.4, 0.5) is 0 Å². The van der Waals surface area contributed by atoms with Gasteiger partial charge >= 0.3 is 0 Å². The third-order valence-electron chi connectivity index (χ3n) is 4.06. The summed E-state index contributed by atoms with van der Waals surface area (Å²) in [5.74, 6) is 0.128. The molecule has 8 heteroatoms. The fourth-order valence-corrected chi connectivity index (χ4v) is 4.07. The third-order valence-corrected chi connectivity index (χ3v) is 5.95. The van der Waals surface area contributed by atoms with Gasteiger partial charge in [-0.15, -0.1) is 0 Å². The molecule has 0 bridgehead atoms. The lowest BCUT2D eigenvalue weighted by Gasteiger charge is -2.26. The number of rotatable bonds is 6. The van der Waals surface area contributed by atoms with Crippen LogP contribution in [0.15, 0.2) is 23.1 Å². The lowest BCUT2D eigenvalue weighted by molar-refractivity contribution is 0.0729. The number of nitrogens with zero attached hydrogens (tertiary/aromatic N) is 2. The number of amides is 1. The Balaban J connectivity index is 2.42. The monoisotopic (exact) mass is 356 g/mol. The molecule has 1 amide bonds. The smallest absolute Gasteiger partial charge is 0.257 e. The summed E-state index contributed by atoms with van der Waals surface area (Å²) >= 11 is 0. The number of hydrogen-bond acceptors (Lipinski definition) is 5. The van der Waals surface area contributed by atoms with Crippen molar-refractivity contribution < 1.29 is 22.7 Å². The molecule has 1 heterocycles. The predicted molar refractivity (Wildman–Crippen MR) is 89.8 cm³/mol. The van der Waals surface area contributed by atoms with Crippen molar-refractivity contribution in [3.05, 3.63) is 23.8 Å².